The van der Waals surface area contributed by atoms with Gasteiger partial charge in [-0.15, -0.1) is 0 Å². The second-order valence-corrected chi connectivity index (χ2v) is 12.8. The molecule has 0 amide bonds. The molecule has 0 saturated heterocycles. The van der Waals surface area contributed by atoms with Crippen LogP contribution in [0.25, 0.3) is 0 Å². The zero-order chi connectivity index (χ0) is 33.5. The summed E-state index contributed by atoms with van der Waals surface area (Å²) in [5, 5.41) is 57.1. The molecule has 0 radical (unpaired) electrons. The van der Waals surface area contributed by atoms with Crippen LogP contribution in [0, 0.1) is 5.92 Å². The first-order valence-electron chi connectivity index (χ1n) is 18.1. The average molecular weight is 645 g/mol. The number of carboxylic acid groups (broad SMARTS) is 1. The molecule has 0 spiro atoms. The maximum atomic E-state index is 12.9. The quantitative estimate of drug-likeness (QED) is 0.0262. The second kappa shape index (κ2) is 31.1. The number of allylic oxidation sites excluding steroid dienone is 2. The van der Waals surface area contributed by atoms with Gasteiger partial charge in [-0.3, -0.25) is 9.59 Å². The van der Waals surface area contributed by atoms with Crippen LogP contribution in [0.4, 0.5) is 0 Å². The summed E-state index contributed by atoms with van der Waals surface area (Å²) in [7, 11) is 0. The lowest BCUT2D eigenvalue weighted by molar-refractivity contribution is -0.160. The molecule has 6 N–H and O–H groups in total. The predicted octanol–water partition coefficient (Wildman–Crippen LogP) is 6.60. The molecule has 0 aromatic carbocycles. The Morgan fingerprint density at radius 3 is 1.49 bits per heavy atom. The fourth-order valence-electron chi connectivity index (χ4n) is 5.52. The Labute approximate surface area is 273 Å². The van der Waals surface area contributed by atoms with Gasteiger partial charge in [-0.2, -0.15) is 0 Å². The van der Waals surface area contributed by atoms with Crippen LogP contribution < -0.4 is 0 Å². The highest BCUT2D eigenvalue weighted by Gasteiger charge is 2.31. The average Bonchev–Trinajstić information content (AvgIpc) is 3.03. The molecule has 0 aliphatic carbocycles. The Balaban J connectivity index is 4.26. The van der Waals surface area contributed by atoms with Gasteiger partial charge in [0.2, 0.25) is 0 Å². The minimum atomic E-state index is -1.74. The van der Waals surface area contributed by atoms with Gasteiger partial charge in [0.25, 0.3) is 0 Å². The lowest BCUT2D eigenvalue weighted by Gasteiger charge is -2.26. The third-order valence-corrected chi connectivity index (χ3v) is 8.56. The number of carbonyl (C=O) groups is 2. The number of carbonyl (C=O) groups excluding carboxylic acids is 1. The number of aliphatic hydroxyl groups excluding tert-OH is 5. The number of hydrogen-bond acceptors (Lipinski definition) is 8. The predicted molar refractivity (Wildman–Crippen MR) is 179 cm³/mol. The molecule has 0 aliphatic heterocycles. The van der Waals surface area contributed by atoms with Crippen LogP contribution in [0.3, 0.4) is 0 Å². The van der Waals surface area contributed by atoms with Gasteiger partial charge < -0.3 is 35.4 Å². The number of unbranched alkanes of at least 4 members (excludes halogenated alkanes) is 18. The summed E-state index contributed by atoms with van der Waals surface area (Å²) >= 11 is 0. The molecule has 0 aromatic rings. The molecule has 0 aliphatic rings. The molecule has 45 heavy (non-hydrogen) atoms. The van der Waals surface area contributed by atoms with Crippen molar-refractivity contribution in [1.82, 2.24) is 0 Å². The normalized spacial score (nSPS) is 15.2. The van der Waals surface area contributed by atoms with Crippen molar-refractivity contribution in [3.63, 3.8) is 0 Å². The lowest BCUT2D eigenvalue weighted by atomic mass is 9.94. The van der Waals surface area contributed by atoms with E-state index in [0.717, 1.165) is 96.3 Å². The SMILES string of the molecule is CCCCCCCCCCC(CCCCCCCCC=CCCCCCCCC(=O)O)C(=O)OC[C@H](O)[C@@H](O)[C@H](O)[C@H](O)CO. The Bertz CT molecular complexity index is 715. The Hall–Kier alpha value is -1.52. The summed E-state index contributed by atoms with van der Waals surface area (Å²) in [4.78, 5) is 23.4. The van der Waals surface area contributed by atoms with E-state index in [-0.39, 0.29) is 12.3 Å². The van der Waals surface area contributed by atoms with Gasteiger partial charge in [-0.1, -0.05) is 122 Å². The summed E-state index contributed by atoms with van der Waals surface area (Å²) in [5.74, 6) is -1.37. The smallest absolute Gasteiger partial charge is 0.309 e. The van der Waals surface area contributed by atoms with Crippen LogP contribution >= 0.6 is 0 Å². The number of esters is 1. The fourth-order valence-corrected chi connectivity index (χ4v) is 5.52. The van der Waals surface area contributed by atoms with E-state index in [0.29, 0.717) is 0 Å². The molecular weight excluding hydrogens is 576 g/mol. The number of aliphatic carboxylic acids is 1. The van der Waals surface area contributed by atoms with Crippen LogP contribution in [-0.2, 0) is 14.3 Å². The van der Waals surface area contributed by atoms with Gasteiger partial charge in [0.1, 0.15) is 31.0 Å². The molecule has 0 aromatic heterocycles. The van der Waals surface area contributed by atoms with Gasteiger partial charge in [0.05, 0.1) is 12.5 Å². The van der Waals surface area contributed by atoms with Gasteiger partial charge in [0, 0.05) is 6.42 Å². The highest BCUT2D eigenvalue weighted by molar-refractivity contribution is 5.72. The molecule has 9 nitrogen and oxygen atoms in total. The van der Waals surface area contributed by atoms with Crippen molar-refractivity contribution < 1.29 is 45.0 Å². The topological polar surface area (TPSA) is 165 Å². The first-order chi connectivity index (χ1) is 21.7. The van der Waals surface area contributed by atoms with Crippen molar-refractivity contribution in [3.05, 3.63) is 12.2 Å². The van der Waals surface area contributed by atoms with E-state index < -0.39 is 49.6 Å². The molecule has 0 fully saturated rings. The van der Waals surface area contributed by atoms with Crippen LogP contribution in [0.1, 0.15) is 161 Å². The third-order valence-electron chi connectivity index (χ3n) is 8.56. The Morgan fingerprint density at radius 2 is 1.02 bits per heavy atom. The molecule has 0 saturated carbocycles. The Kier molecular flexibility index (Phi) is 30.0. The molecule has 1 unspecified atom stereocenters. The first-order valence-corrected chi connectivity index (χ1v) is 18.1. The van der Waals surface area contributed by atoms with E-state index in [2.05, 4.69) is 19.1 Å². The van der Waals surface area contributed by atoms with Gasteiger partial charge in [-0.05, 0) is 44.9 Å². The number of aliphatic hydroxyl groups is 5. The third kappa shape index (κ3) is 26.3. The van der Waals surface area contributed by atoms with E-state index in [1.54, 1.807) is 0 Å². The summed E-state index contributed by atoms with van der Waals surface area (Å²) < 4.78 is 5.33. The van der Waals surface area contributed by atoms with Gasteiger partial charge in [-0.25, -0.2) is 0 Å². The maximum Gasteiger partial charge on any atom is 0.309 e. The largest absolute Gasteiger partial charge is 0.481 e. The molecule has 0 heterocycles. The summed E-state index contributed by atoms with van der Waals surface area (Å²) in [5.41, 5.74) is 0. The highest BCUT2D eigenvalue weighted by atomic mass is 16.5. The Morgan fingerprint density at radius 1 is 0.600 bits per heavy atom. The number of hydrogen-bond donors (Lipinski definition) is 6. The van der Waals surface area contributed by atoms with Crippen molar-refractivity contribution >= 4 is 11.9 Å². The summed E-state index contributed by atoms with van der Waals surface area (Å²) in [6, 6.07) is 0. The zero-order valence-corrected chi connectivity index (χ0v) is 28.3. The van der Waals surface area contributed by atoms with Crippen LogP contribution in [0.5, 0.6) is 0 Å². The summed E-state index contributed by atoms with van der Waals surface area (Å²) in [6.45, 7) is 0.969. The zero-order valence-electron chi connectivity index (χ0n) is 28.3. The molecule has 0 bridgehead atoms. The van der Waals surface area contributed by atoms with E-state index in [9.17, 15) is 30.0 Å². The van der Waals surface area contributed by atoms with E-state index >= 15 is 0 Å². The fraction of sp³-hybridized carbons (Fsp3) is 0.889. The van der Waals surface area contributed by atoms with Crippen molar-refractivity contribution in [3.8, 4) is 0 Å². The van der Waals surface area contributed by atoms with Crippen molar-refractivity contribution in [2.75, 3.05) is 13.2 Å². The van der Waals surface area contributed by atoms with Crippen molar-refractivity contribution in [1.29, 1.82) is 0 Å². The number of rotatable bonds is 33. The molecule has 9 heteroatoms. The lowest BCUT2D eigenvalue weighted by Crippen LogP contribution is -2.47. The standard InChI is InChI=1S/C36H68O9/c1-2-3-4-5-6-16-19-22-25-30(36(44)45-29-32(39)35(43)34(42)31(38)28-37)26-23-20-17-14-12-10-8-7-9-11-13-15-18-21-24-27-33(40)41/h7,9,30-32,34-35,37-39,42-43H,2-6,8,10-29H2,1H3,(H,40,41)/t30?,31-,32+,34-,35-/m1/s1. The minimum absolute atomic E-state index is 0.266. The van der Waals surface area contributed by atoms with Crippen LogP contribution in [0.15, 0.2) is 12.2 Å². The van der Waals surface area contributed by atoms with Crippen LogP contribution in [0.2, 0.25) is 0 Å². The van der Waals surface area contributed by atoms with E-state index in [1.165, 1.54) is 51.4 Å². The molecule has 5 atom stereocenters. The summed E-state index contributed by atoms with van der Waals surface area (Å²) in [6.07, 6.45) is 23.1. The molecule has 266 valence electrons. The van der Waals surface area contributed by atoms with Gasteiger partial charge in [0.15, 0.2) is 0 Å². The van der Waals surface area contributed by atoms with Crippen molar-refractivity contribution in [2.45, 2.75) is 185 Å². The molecular formula is C36H68O9. The monoisotopic (exact) mass is 644 g/mol. The van der Waals surface area contributed by atoms with E-state index in [4.69, 9.17) is 14.9 Å². The van der Waals surface area contributed by atoms with Gasteiger partial charge >= 0.3 is 11.9 Å². The minimum Gasteiger partial charge on any atom is -0.481 e. The van der Waals surface area contributed by atoms with Crippen molar-refractivity contribution in [2.24, 2.45) is 5.92 Å². The van der Waals surface area contributed by atoms with E-state index in [1.807, 2.05) is 0 Å². The maximum absolute atomic E-state index is 12.9. The second-order valence-electron chi connectivity index (χ2n) is 12.8. The molecule has 0 rings (SSSR count). The van der Waals surface area contributed by atoms with Crippen LogP contribution in [-0.4, -0.2) is 80.2 Å². The highest BCUT2D eigenvalue weighted by Crippen LogP contribution is 2.21. The number of carboxylic acids is 1. The number of ether oxygens (including phenoxy) is 1. The first kappa shape index (κ1) is 43.5.